The lowest BCUT2D eigenvalue weighted by Crippen LogP contribution is -2.12. The van der Waals surface area contributed by atoms with Crippen LogP contribution in [0.5, 0.6) is 0 Å². The van der Waals surface area contributed by atoms with Crippen molar-refractivity contribution in [2.45, 2.75) is 0 Å². The summed E-state index contributed by atoms with van der Waals surface area (Å²) >= 11 is 1.86. The van der Waals surface area contributed by atoms with Crippen molar-refractivity contribution in [1.29, 1.82) is 0 Å². The third-order valence-corrected chi connectivity index (χ3v) is 15.4. The van der Waals surface area contributed by atoms with Gasteiger partial charge in [-0.05, 0) is 113 Å². The predicted octanol–water partition coefficient (Wildman–Crippen LogP) is 16.1. The van der Waals surface area contributed by atoms with E-state index in [-0.39, 0.29) is 5.56 Å². The molecule has 0 saturated carbocycles. The van der Waals surface area contributed by atoms with E-state index >= 15 is 0 Å². The maximum atomic E-state index is 14.2. The molecule has 15 aromatic rings. The SMILES string of the molecule is O=c1c2ccccc2c2cccc3c4cc(-c5cc(-n6c7ccccc7c7cc(-c8ccc9c(c8)c8ccccc8n9-c8ccccc8)ccc76)c6sc7ccccc7c6c5)ccc4n1c23. The van der Waals surface area contributed by atoms with Gasteiger partial charge >= 0.3 is 0 Å². The summed E-state index contributed by atoms with van der Waals surface area (Å²) in [7, 11) is 0. The van der Waals surface area contributed by atoms with Crippen LogP contribution in [0.4, 0.5) is 0 Å². The number of nitrogens with zero attached hydrogens (tertiary/aromatic N) is 3. The maximum Gasteiger partial charge on any atom is 0.263 e. The Morgan fingerprint density at radius 2 is 0.803 bits per heavy atom. The standard InChI is InChI=1S/C61H35N3OS/c65-61-47-19-5-4-15-41(47)45-20-12-21-46-50-33-38(27-30-56(50)64(61)59(45)46)39-34-51-44-18-8-11-24-58(44)66-60(51)57(35-39)63-53-23-10-7-17-43(53)49-32-37(26-29-55(49)63)36-25-28-54-48(31-36)42-16-6-9-22-52(42)62(54)40-13-2-1-3-14-40/h1-35H. The Kier molecular flexibility index (Phi) is 7.22. The first-order valence-electron chi connectivity index (χ1n) is 22.5. The van der Waals surface area contributed by atoms with E-state index in [1.165, 1.54) is 74.9 Å². The van der Waals surface area contributed by atoms with Crippen LogP contribution in [0, 0.1) is 0 Å². The summed E-state index contributed by atoms with van der Waals surface area (Å²) < 4.78 is 9.31. The third-order valence-electron chi connectivity index (χ3n) is 14.2. The lowest BCUT2D eigenvalue weighted by atomic mass is 9.99. The summed E-state index contributed by atoms with van der Waals surface area (Å²) in [6.07, 6.45) is 0. The molecule has 0 aliphatic rings. The second-order valence-corrected chi connectivity index (χ2v) is 18.6. The van der Waals surface area contributed by atoms with E-state index < -0.39 is 0 Å². The first kappa shape index (κ1) is 35.9. The first-order valence-corrected chi connectivity index (χ1v) is 23.3. The van der Waals surface area contributed by atoms with E-state index in [2.05, 4.69) is 203 Å². The Labute approximate surface area is 381 Å². The molecule has 10 aromatic carbocycles. The van der Waals surface area contributed by atoms with Gasteiger partial charge in [-0.15, -0.1) is 11.3 Å². The van der Waals surface area contributed by atoms with Gasteiger partial charge in [0, 0.05) is 64.2 Å². The van der Waals surface area contributed by atoms with Crippen molar-refractivity contribution in [2.24, 2.45) is 0 Å². The monoisotopic (exact) mass is 857 g/mol. The Morgan fingerprint density at radius 3 is 1.52 bits per heavy atom. The maximum absolute atomic E-state index is 14.2. The second-order valence-electron chi connectivity index (χ2n) is 17.6. The Hall–Kier alpha value is -8.51. The minimum atomic E-state index is 0.0243. The molecule has 5 heterocycles. The molecule has 15 rings (SSSR count). The summed E-state index contributed by atoms with van der Waals surface area (Å²) in [4.78, 5) is 14.2. The lowest BCUT2D eigenvalue weighted by molar-refractivity contribution is 1.18. The average molecular weight is 858 g/mol. The predicted molar refractivity (Wildman–Crippen MR) is 280 cm³/mol. The molecule has 306 valence electrons. The number of pyridine rings is 1. The third kappa shape index (κ3) is 4.84. The number of aromatic nitrogens is 3. The van der Waals surface area contributed by atoms with Crippen molar-refractivity contribution < 1.29 is 0 Å². The number of hydrogen-bond donors (Lipinski definition) is 0. The normalized spacial score (nSPS) is 12.3. The Balaban J connectivity index is 0.952. The molecule has 0 atom stereocenters. The fourth-order valence-corrected chi connectivity index (χ4v) is 12.5. The highest BCUT2D eigenvalue weighted by atomic mass is 32.1. The lowest BCUT2D eigenvalue weighted by Gasteiger charge is -2.13. The molecule has 4 nitrogen and oxygen atoms in total. The number of fused-ring (bicyclic) bond motifs is 14. The number of rotatable bonds is 4. The topological polar surface area (TPSA) is 31.3 Å². The van der Waals surface area contributed by atoms with E-state index in [0.29, 0.717) is 0 Å². The van der Waals surface area contributed by atoms with Gasteiger partial charge in [-0.25, -0.2) is 0 Å². The van der Waals surface area contributed by atoms with Crippen molar-refractivity contribution in [3.8, 4) is 33.6 Å². The molecule has 0 N–H and O–H groups in total. The second kappa shape index (κ2) is 13.3. The van der Waals surface area contributed by atoms with Crippen LogP contribution >= 0.6 is 11.3 Å². The van der Waals surface area contributed by atoms with Crippen LogP contribution in [0.25, 0.3) is 135 Å². The van der Waals surface area contributed by atoms with Crippen LogP contribution < -0.4 is 5.56 Å². The summed E-state index contributed by atoms with van der Waals surface area (Å²) in [6, 6.07) is 76.8. The van der Waals surface area contributed by atoms with Crippen LogP contribution in [0.15, 0.2) is 217 Å². The molecule has 5 aromatic heterocycles. The van der Waals surface area contributed by atoms with Gasteiger partial charge in [0.25, 0.3) is 5.56 Å². The molecule has 0 unspecified atom stereocenters. The zero-order chi connectivity index (χ0) is 43.2. The summed E-state index contributed by atoms with van der Waals surface area (Å²) in [5, 5.41) is 12.4. The molecule has 0 saturated heterocycles. The highest BCUT2D eigenvalue weighted by Crippen LogP contribution is 2.45. The molecular weight excluding hydrogens is 823 g/mol. The number of para-hydroxylation sites is 4. The average Bonchev–Trinajstić information content (AvgIpc) is 4.12. The molecule has 0 spiro atoms. The van der Waals surface area contributed by atoms with Gasteiger partial charge in [0.15, 0.2) is 0 Å². The van der Waals surface area contributed by atoms with E-state index in [1.54, 1.807) is 0 Å². The van der Waals surface area contributed by atoms with E-state index in [1.807, 2.05) is 33.9 Å². The van der Waals surface area contributed by atoms with Crippen LogP contribution in [0.2, 0.25) is 0 Å². The van der Waals surface area contributed by atoms with Gasteiger partial charge in [0.05, 0.1) is 43.5 Å². The van der Waals surface area contributed by atoms with Crippen molar-refractivity contribution >= 4 is 113 Å². The molecule has 0 aliphatic carbocycles. The fourth-order valence-electron chi connectivity index (χ4n) is 11.3. The molecular formula is C61H35N3OS. The van der Waals surface area contributed by atoms with Gasteiger partial charge in [-0.2, -0.15) is 0 Å². The Bertz CT molecular complexity index is 4610. The minimum absolute atomic E-state index is 0.0243. The van der Waals surface area contributed by atoms with Crippen LogP contribution in [-0.2, 0) is 0 Å². The Morgan fingerprint density at radius 1 is 0.318 bits per heavy atom. The van der Waals surface area contributed by atoms with Crippen molar-refractivity contribution in [1.82, 2.24) is 13.5 Å². The molecule has 0 aliphatic heterocycles. The van der Waals surface area contributed by atoms with Crippen LogP contribution in [-0.4, -0.2) is 13.5 Å². The van der Waals surface area contributed by atoms with Gasteiger partial charge in [-0.3, -0.25) is 9.20 Å². The van der Waals surface area contributed by atoms with Crippen molar-refractivity contribution in [3.05, 3.63) is 223 Å². The molecule has 0 radical (unpaired) electrons. The van der Waals surface area contributed by atoms with Crippen molar-refractivity contribution in [3.63, 3.8) is 0 Å². The van der Waals surface area contributed by atoms with E-state index in [0.717, 1.165) is 60.5 Å². The molecule has 0 fully saturated rings. The summed E-state index contributed by atoms with van der Waals surface area (Å²) in [5.41, 5.74) is 13.6. The summed E-state index contributed by atoms with van der Waals surface area (Å²) in [6.45, 7) is 0. The number of benzene rings is 10. The largest absolute Gasteiger partial charge is 0.309 e. The van der Waals surface area contributed by atoms with Gasteiger partial charge in [0.1, 0.15) is 0 Å². The first-order chi connectivity index (χ1) is 32.7. The quantitative estimate of drug-likeness (QED) is 0.162. The molecule has 0 amide bonds. The fraction of sp³-hybridized carbons (Fsp3) is 0. The number of hydrogen-bond acceptors (Lipinski definition) is 2. The summed E-state index contributed by atoms with van der Waals surface area (Å²) in [5.74, 6) is 0. The van der Waals surface area contributed by atoms with Crippen LogP contribution in [0.3, 0.4) is 0 Å². The minimum Gasteiger partial charge on any atom is -0.309 e. The van der Waals surface area contributed by atoms with Crippen molar-refractivity contribution in [2.75, 3.05) is 0 Å². The highest BCUT2D eigenvalue weighted by Gasteiger charge is 2.22. The molecule has 5 heteroatoms. The number of thiophene rings is 1. The van der Waals surface area contributed by atoms with E-state index in [4.69, 9.17) is 0 Å². The van der Waals surface area contributed by atoms with E-state index in [9.17, 15) is 4.79 Å². The highest BCUT2D eigenvalue weighted by molar-refractivity contribution is 7.26. The van der Waals surface area contributed by atoms with Gasteiger partial charge in [0.2, 0.25) is 0 Å². The van der Waals surface area contributed by atoms with Crippen LogP contribution in [0.1, 0.15) is 0 Å². The smallest absolute Gasteiger partial charge is 0.263 e. The van der Waals surface area contributed by atoms with Gasteiger partial charge in [-0.1, -0.05) is 127 Å². The zero-order valence-corrected chi connectivity index (χ0v) is 36.2. The zero-order valence-electron chi connectivity index (χ0n) is 35.4. The molecule has 0 bridgehead atoms. The molecule has 66 heavy (non-hydrogen) atoms. The van der Waals surface area contributed by atoms with Gasteiger partial charge < -0.3 is 9.13 Å².